The fraction of sp³-hybridized carbons (Fsp3) is 0.441. The molecule has 47 heavy (non-hydrogen) atoms. The van der Waals surface area contributed by atoms with Crippen LogP contribution >= 0.6 is 0 Å². The Kier molecular flexibility index (Phi) is 10.8. The summed E-state index contributed by atoms with van der Waals surface area (Å²) < 4.78 is 63.3. The first-order chi connectivity index (χ1) is 22.4. The number of methoxy groups -OCH3 is 1. The van der Waals surface area contributed by atoms with Crippen molar-refractivity contribution in [3.63, 3.8) is 0 Å². The number of rotatable bonds is 12. The molecule has 6 N–H and O–H groups in total. The minimum atomic E-state index is -4.55. The summed E-state index contributed by atoms with van der Waals surface area (Å²) in [4.78, 5) is 20.1. The lowest BCUT2D eigenvalue weighted by Gasteiger charge is -2.32. The highest BCUT2D eigenvalue weighted by molar-refractivity contribution is 5.83. The molecule has 1 fully saturated rings. The largest absolute Gasteiger partial charge is 0.416 e. The second-order valence-corrected chi connectivity index (χ2v) is 12.3. The van der Waals surface area contributed by atoms with Gasteiger partial charge in [-0.3, -0.25) is 9.98 Å². The predicted octanol–water partition coefficient (Wildman–Crippen LogP) is 6.00. The normalized spacial score (nSPS) is 17.6. The van der Waals surface area contributed by atoms with Crippen LogP contribution < -0.4 is 22.1 Å². The third kappa shape index (κ3) is 8.65. The van der Waals surface area contributed by atoms with Gasteiger partial charge in [-0.1, -0.05) is 12.5 Å². The Hall–Kier alpha value is -4.07. The molecule has 1 saturated heterocycles. The van der Waals surface area contributed by atoms with Crippen LogP contribution in [0.25, 0.3) is 28.0 Å². The molecule has 0 unspecified atom stereocenters. The van der Waals surface area contributed by atoms with Crippen LogP contribution in [-0.2, 0) is 17.3 Å². The maximum Gasteiger partial charge on any atom is 0.416 e. The van der Waals surface area contributed by atoms with E-state index in [1.807, 2.05) is 0 Å². The van der Waals surface area contributed by atoms with Gasteiger partial charge in [0.15, 0.2) is 0 Å². The molecule has 13 heteroatoms. The minimum absolute atomic E-state index is 0.173. The highest BCUT2D eigenvalue weighted by Crippen LogP contribution is 2.35. The number of fused-ring (bicyclic) bond motifs is 1. The quantitative estimate of drug-likeness (QED) is 0.0723. The van der Waals surface area contributed by atoms with Crippen molar-refractivity contribution >= 4 is 16.9 Å². The number of ether oxygens (including phenoxy) is 1. The molecular weight excluding hydrogens is 614 g/mol. The van der Waals surface area contributed by atoms with Crippen LogP contribution in [0.5, 0.6) is 0 Å². The van der Waals surface area contributed by atoms with E-state index in [1.54, 1.807) is 38.3 Å². The minimum Gasteiger partial charge on any atom is -0.383 e. The summed E-state index contributed by atoms with van der Waals surface area (Å²) in [6.45, 7) is 2.73. The number of aromatic amines is 1. The van der Waals surface area contributed by atoms with E-state index in [-0.39, 0.29) is 23.8 Å². The van der Waals surface area contributed by atoms with Gasteiger partial charge in [-0.25, -0.2) is 9.18 Å². The summed E-state index contributed by atoms with van der Waals surface area (Å²) in [6, 6.07) is 10.0. The van der Waals surface area contributed by atoms with Crippen molar-refractivity contribution in [3.8, 4) is 16.9 Å². The molecular formula is C34H41F4N7O2. The number of H-pyrrole nitrogens is 1. The van der Waals surface area contributed by atoms with Gasteiger partial charge in [-0.15, -0.1) is 0 Å². The Morgan fingerprint density at radius 3 is 2.74 bits per heavy atom. The van der Waals surface area contributed by atoms with Gasteiger partial charge < -0.3 is 26.1 Å². The number of nitrogens with two attached hydrogens (primary N) is 1. The zero-order valence-corrected chi connectivity index (χ0v) is 26.5. The SMILES string of the molecule is COC[C@H](N)CCCc1cc(-c2cc3cn(-c4ccc([C@@H]5CCC[C@@H](CCNC(C)=N)N5)c(F)c4)c(=O)nc3[nH]2)cc(C(F)(F)F)c1. The van der Waals surface area contributed by atoms with Crippen molar-refractivity contribution in [3.05, 3.63) is 81.7 Å². The summed E-state index contributed by atoms with van der Waals surface area (Å²) >= 11 is 0. The van der Waals surface area contributed by atoms with E-state index in [4.69, 9.17) is 15.9 Å². The number of amidine groups is 1. The number of aromatic nitrogens is 3. The molecule has 0 bridgehead atoms. The van der Waals surface area contributed by atoms with E-state index in [1.165, 1.54) is 16.8 Å². The second-order valence-electron chi connectivity index (χ2n) is 12.3. The fourth-order valence-corrected chi connectivity index (χ4v) is 6.23. The van der Waals surface area contributed by atoms with Crippen molar-refractivity contribution in [2.45, 2.75) is 76.2 Å². The first-order valence-corrected chi connectivity index (χ1v) is 15.8. The van der Waals surface area contributed by atoms with Gasteiger partial charge in [0.2, 0.25) is 0 Å². The molecule has 2 aromatic carbocycles. The number of alkyl halides is 3. The molecule has 4 aromatic rings. The van der Waals surface area contributed by atoms with Gasteiger partial charge in [-0.05, 0) is 93.0 Å². The third-order valence-corrected chi connectivity index (χ3v) is 8.56. The average Bonchev–Trinajstić information content (AvgIpc) is 3.43. The Morgan fingerprint density at radius 1 is 1.21 bits per heavy atom. The maximum absolute atomic E-state index is 15.5. The van der Waals surface area contributed by atoms with E-state index < -0.39 is 23.2 Å². The Morgan fingerprint density at radius 2 is 2.02 bits per heavy atom. The van der Waals surface area contributed by atoms with Crippen molar-refractivity contribution < 1.29 is 22.3 Å². The van der Waals surface area contributed by atoms with Gasteiger partial charge in [0.1, 0.15) is 11.5 Å². The lowest BCUT2D eigenvalue weighted by molar-refractivity contribution is -0.137. The fourth-order valence-electron chi connectivity index (χ4n) is 6.23. The molecule has 0 saturated carbocycles. The molecule has 1 aliphatic rings. The number of benzene rings is 2. The molecule has 0 spiro atoms. The van der Waals surface area contributed by atoms with E-state index in [9.17, 15) is 18.0 Å². The van der Waals surface area contributed by atoms with Crippen LogP contribution in [0.3, 0.4) is 0 Å². The van der Waals surface area contributed by atoms with Gasteiger partial charge in [0.25, 0.3) is 0 Å². The lowest BCUT2D eigenvalue weighted by atomic mass is 9.91. The van der Waals surface area contributed by atoms with Gasteiger partial charge in [0.05, 0.1) is 23.7 Å². The standard InChI is InChI=1S/C34H41F4N7O2/c1-20(39)41-12-11-26-7-4-8-30(42-26)28-10-9-27(17-29(28)35)45-18-23-16-31(43-32(23)44-33(45)46)22-13-21(5-3-6-25(40)19-47-2)14-24(15-22)34(36,37)38/h9-10,13-18,25-26,30,42H,3-8,11-12,19,40H2,1-2H3,(H2,39,41)(H,43,44,46)/t25-,26+,30+/m1/s1. The molecule has 3 atom stereocenters. The van der Waals surface area contributed by atoms with E-state index in [2.05, 4.69) is 20.6 Å². The van der Waals surface area contributed by atoms with Gasteiger partial charge >= 0.3 is 11.9 Å². The summed E-state index contributed by atoms with van der Waals surface area (Å²) in [5.74, 6) is -0.0379. The van der Waals surface area contributed by atoms with Crippen LogP contribution in [0.1, 0.15) is 68.2 Å². The van der Waals surface area contributed by atoms with E-state index in [0.717, 1.165) is 37.8 Å². The number of hydrogen-bond donors (Lipinski definition) is 5. The third-order valence-electron chi connectivity index (χ3n) is 8.56. The molecule has 0 radical (unpaired) electrons. The highest BCUT2D eigenvalue weighted by atomic mass is 19.4. The first kappa shape index (κ1) is 34.3. The Balaban J connectivity index is 1.38. The summed E-state index contributed by atoms with van der Waals surface area (Å²) in [5.41, 5.74) is 6.77. The van der Waals surface area contributed by atoms with Crippen molar-refractivity contribution in [2.75, 3.05) is 20.3 Å². The molecule has 1 aliphatic heterocycles. The van der Waals surface area contributed by atoms with Crippen LogP contribution in [0.15, 0.2) is 53.5 Å². The molecule has 0 amide bonds. The van der Waals surface area contributed by atoms with Crippen LogP contribution in [0.2, 0.25) is 0 Å². The smallest absolute Gasteiger partial charge is 0.383 e. The molecule has 3 heterocycles. The van der Waals surface area contributed by atoms with E-state index >= 15 is 4.39 Å². The Bertz CT molecular complexity index is 1770. The number of aryl methyl sites for hydroxylation is 1. The van der Waals surface area contributed by atoms with Crippen molar-refractivity contribution in [2.24, 2.45) is 5.73 Å². The van der Waals surface area contributed by atoms with Crippen LogP contribution in [0, 0.1) is 11.2 Å². The molecule has 9 nitrogen and oxygen atoms in total. The highest BCUT2D eigenvalue weighted by Gasteiger charge is 2.31. The number of nitrogens with one attached hydrogen (secondary N) is 4. The number of nitrogens with zero attached hydrogens (tertiary/aromatic N) is 2. The first-order valence-electron chi connectivity index (χ1n) is 15.8. The van der Waals surface area contributed by atoms with Crippen LogP contribution in [-0.4, -0.2) is 52.7 Å². The summed E-state index contributed by atoms with van der Waals surface area (Å²) in [7, 11) is 1.55. The summed E-state index contributed by atoms with van der Waals surface area (Å²) in [6.07, 6.45) is 2.07. The zero-order chi connectivity index (χ0) is 33.7. The van der Waals surface area contributed by atoms with Crippen LogP contribution in [0.4, 0.5) is 17.6 Å². The zero-order valence-electron chi connectivity index (χ0n) is 26.5. The Labute approximate surface area is 270 Å². The molecule has 5 rings (SSSR count). The average molecular weight is 656 g/mol. The molecule has 252 valence electrons. The molecule has 2 aromatic heterocycles. The monoisotopic (exact) mass is 655 g/mol. The number of hydrogen-bond acceptors (Lipinski definition) is 6. The maximum atomic E-state index is 15.5. The van der Waals surface area contributed by atoms with E-state index in [0.29, 0.717) is 71.7 Å². The molecule has 0 aliphatic carbocycles. The van der Waals surface area contributed by atoms with Crippen molar-refractivity contribution in [1.29, 1.82) is 5.41 Å². The predicted molar refractivity (Wildman–Crippen MR) is 174 cm³/mol. The number of piperidine rings is 1. The lowest BCUT2D eigenvalue weighted by Crippen LogP contribution is -2.39. The summed E-state index contributed by atoms with van der Waals surface area (Å²) in [5, 5.41) is 14.5. The second kappa shape index (κ2) is 14.8. The van der Waals surface area contributed by atoms with Crippen molar-refractivity contribution in [1.82, 2.24) is 25.2 Å². The number of halogens is 4. The topological polar surface area (TPSA) is 134 Å². The van der Waals surface area contributed by atoms with Gasteiger partial charge in [0, 0.05) is 54.6 Å². The van der Waals surface area contributed by atoms with Gasteiger partial charge in [-0.2, -0.15) is 18.2 Å².